The molecule has 0 aromatic heterocycles. The zero-order valence-electron chi connectivity index (χ0n) is 4.80. The van der Waals surface area contributed by atoms with E-state index in [-0.39, 0.29) is 6.54 Å². The molecule has 0 aliphatic heterocycles. The van der Waals surface area contributed by atoms with Gasteiger partial charge >= 0.3 is 5.97 Å². The predicted octanol–water partition coefficient (Wildman–Crippen LogP) is 0.413. The molecule has 0 aliphatic carbocycles. The summed E-state index contributed by atoms with van der Waals surface area (Å²) in [6, 6.07) is 0. The quantitative estimate of drug-likeness (QED) is 0.570. The van der Waals surface area contributed by atoms with Gasteiger partial charge in [-0.1, -0.05) is 17.7 Å². The molecule has 3 nitrogen and oxygen atoms in total. The average Bonchev–Trinajstić information content (AvgIpc) is 1.80. The van der Waals surface area contributed by atoms with Crippen LogP contribution in [0.5, 0.6) is 0 Å². The van der Waals surface area contributed by atoms with Crippen LogP contribution in [0.3, 0.4) is 0 Å². The molecule has 0 saturated heterocycles. The van der Waals surface area contributed by atoms with E-state index in [9.17, 15) is 4.79 Å². The molecule has 0 aromatic carbocycles. The van der Waals surface area contributed by atoms with Gasteiger partial charge in [0.15, 0.2) is 0 Å². The van der Waals surface area contributed by atoms with Crippen LogP contribution in [0.1, 0.15) is 0 Å². The summed E-state index contributed by atoms with van der Waals surface area (Å²) in [5.74, 6) is -0.863. The molecule has 0 aromatic rings. The Morgan fingerprint density at radius 3 is 2.89 bits per heavy atom. The summed E-state index contributed by atoms with van der Waals surface area (Å²) < 4.78 is 0. The van der Waals surface area contributed by atoms with Crippen LogP contribution in [0.15, 0.2) is 11.6 Å². The van der Waals surface area contributed by atoms with Crippen LogP contribution in [0.2, 0.25) is 0 Å². The van der Waals surface area contributed by atoms with Crippen LogP contribution in [0.25, 0.3) is 0 Å². The van der Waals surface area contributed by atoms with E-state index in [2.05, 4.69) is 5.32 Å². The molecule has 0 unspecified atom stereocenters. The topological polar surface area (TPSA) is 49.3 Å². The largest absolute Gasteiger partial charge is 0.480 e. The van der Waals surface area contributed by atoms with Gasteiger partial charge in [0.05, 0.1) is 6.54 Å². The molecule has 0 spiro atoms. The Morgan fingerprint density at radius 2 is 2.44 bits per heavy atom. The summed E-state index contributed by atoms with van der Waals surface area (Å²) in [4.78, 5) is 9.84. The van der Waals surface area contributed by atoms with E-state index < -0.39 is 5.97 Å². The lowest BCUT2D eigenvalue weighted by atomic mass is 10.6. The maximum atomic E-state index is 9.84. The molecule has 0 aliphatic rings. The normalized spacial score (nSPS) is 10.3. The van der Waals surface area contributed by atoms with Crippen molar-refractivity contribution in [2.75, 3.05) is 13.1 Å². The van der Waals surface area contributed by atoms with E-state index in [0.717, 1.165) is 0 Å². The lowest BCUT2D eigenvalue weighted by Crippen LogP contribution is -2.22. The second-order valence-electron chi connectivity index (χ2n) is 1.39. The summed E-state index contributed by atoms with van der Waals surface area (Å²) >= 11 is 5.15. The number of carboxylic acid groups (broad SMARTS) is 1. The zero-order valence-corrected chi connectivity index (χ0v) is 5.56. The van der Waals surface area contributed by atoms with Gasteiger partial charge in [0, 0.05) is 12.1 Å². The van der Waals surface area contributed by atoms with Crippen molar-refractivity contribution < 1.29 is 9.90 Å². The molecule has 0 fully saturated rings. The highest BCUT2D eigenvalue weighted by Gasteiger charge is 1.90. The molecular formula is C5H8ClNO2. The first-order valence-electron chi connectivity index (χ1n) is 2.45. The Morgan fingerprint density at radius 1 is 1.78 bits per heavy atom. The number of carboxylic acids is 1. The van der Waals surface area contributed by atoms with Gasteiger partial charge in [-0.3, -0.25) is 4.79 Å². The summed E-state index contributed by atoms with van der Waals surface area (Å²) in [5.41, 5.74) is 1.34. The average molecular weight is 150 g/mol. The molecule has 0 heterocycles. The molecule has 2 N–H and O–H groups in total. The standard InChI is InChI=1S/C5H8ClNO2/c6-2-1-3-7-4-5(8)9/h1-2,7H,3-4H2,(H,8,9)/b2-1+. The molecular weight excluding hydrogens is 142 g/mol. The number of aliphatic carboxylic acids is 1. The van der Waals surface area contributed by atoms with Crippen LogP contribution in [0.4, 0.5) is 0 Å². The smallest absolute Gasteiger partial charge is 0.317 e. The minimum atomic E-state index is -0.863. The number of rotatable bonds is 4. The Kier molecular flexibility index (Phi) is 5.26. The summed E-state index contributed by atoms with van der Waals surface area (Å²) in [6.45, 7) is 0.469. The Bertz CT molecular complexity index is 114. The minimum Gasteiger partial charge on any atom is -0.480 e. The van der Waals surface area contributed by atoms with Gasteiger partial charge in [-0.15, -0.1) is 0 Å². The van der Waals surface area contributed by atoms with Crippen molar-refractivity contribution in [1.29, 1.82) is 0 Å². The molecule has 0 rings (SSSR count). The second kappa shape index (κ2) is 5.59. The van der Waals surface area contributed by atoms with E-state index in [0.29, 0.717) is 6.54 Å². The molecule has 4 heteroatoms. The number of hydrogen-bond acceptors (Lipinski definition) is 2. The lowest BCUT2D eigenvalue weighted by Gasteiger charge is -1.92. The third-order valence-corrected chi connectivity index (χ3v) is 0.806. The highest BCUT2D eigenvalue weighted by Crippen LogP contribution is 1.74. The van der Waals surface area contributed by atoms with Crippen molar-refractivity contribution in [3.8, 4) is 0 Å². The molecule has 0 radical (unpaired) electrons. The Labute approximate surface area is 58.3 Å². The molecule has 9 heavy (non-hydrogen) atoms. The highest BCUT2D eigenvalue weighted by atomic mass is 35.5. The van der Waals surface area contributed by atoms with Crippen LogP contribution >= 0.6 is 11.6 Å². The van der Waals surface area contributed by atoms with Gasteiger partial charge in [-0.05, 0) is 0 Å². The van der Waals surface area contributed by atoms with Crippen LogP contribution in [-0.2, 0) is 4.79 Å². The SMILES string of the molecule is O=C(O)CNC/C=C/Cl. The van der Waals surface area contributed by atoms with E-state index >= 15 is 0 Å². The first kappa shape index (κ1) is 8.46. The van der Waals surface area contributed by atoms with E-state index in [1.807, 2.05) is 0 Å². The van der Waals surface area contributed by atoms with E-state index in [4.69, 9.17) is 16.7 Å². The Balaban J connectivity index is 3.01. The minimum absolute atomic E-state index is 0.0266. The van der Waals surface area contributed by atoms with E-state index in [1.165, 1.54) is 5.54 Å². The van der Waals surface area contributed by atoms with Crippen molar-refractivity contribution >= 4 is 17.6 Å². The van der Waals surface area contributed by atoms with Crippen molar-refractivity contribution in [3.63, 3.8) is 0 Å². The maximum absolute atomic E-state index is 9.84. The monoisotopic (exact) mass is 149 g/mol. The number of nitrogens with one attached hydrogen (secondary N) is 1. The third-order valence-electron chi connectivity index (χ3n) is 0.628. The van der Waals surface area contributed by atoms with Gasteiger partial charge in [-0.25, -0.2) is 0 Å². The van der Waals surface area contributed by atoms with Gasteiger partial charge < -0.3 is 10.4 Å². The number of carbonyl (C=O) groups is 1. The lowest BCUT2D eigenvalue weighted by molar-refractivity contribution is -0.135. The van der Waals surface area contributed by atoms with Gasteiger partial charge in [-0.2, -0.15) is 0 Å². The van der Waals surface area contributed by atoms with Gasteiger partial charge in [0.2, 0.25) is 0 Å². The fraction of sp³-hybridized carbons (Fsp3) is 0.400. The van der Waals surface area contributed by atoms with E-state index in [1.54, 1.807) is 6.08 Å². The zero-order chi connectivity index (χ0) is 7.11. The Hall–Kier alpha value is -0.540. The van der Waals surface area contributed by atoms with Crippen LogP contribution < -0.4 is 5.32 Å². The van der Waals surface area contributed by atoms with Gasteiger partial charge in [0.1, 0.15) is 0 Å². The predicted molar refractivity (Wildman–Crippen MR) is 35.5 cm³/mol. The fourth-order valence-corrected chi connectivity index (χ4v) is 0.396. The number of hydrogen-bond donors (Lipinski definition) is 2. The number of halogens is 1. The summed E-state index contributed by atoms with van der Waals surface area (Å²) in [5, 5.41) is 10.7. The second-order valence-corrected chi connectivity index (χ2v) is 1.64. The molecule has 0 amide bonds. The van der Waals surface area contributed by atoms with Crippen molar-refractivity contribution in [2.24, 2.45) is 0 Å². The fourth-order valence-electron chi connectivity index (χ4n) is 0.307. The first-order valence-corrected chi connectivity index (χ1v) is 2.88. The van der Waals surface area contributed by atoms with Crippen LogP contribution in [0, 0.1) is 0 Å². The van der Waals surface area contributed by atoms with Crippen LogP contribution in [-0.4, -0.2) is 24.2 Å². The molecule has 52 valence electrons. The van der Waals surface area contributed by atoms with Crippen molar-refractivity contribution in [1.82, 2.24) is 5.32 Å². The molecule has 0 atom stereocenters. The molecule has 0 saturated carbocycles. The van der Waals surface area contributed by atoms with Crippen molar-refractivity contribution in [2.45, 2.75) is 0 Å². The third kappa shape index (κ3) is 7.46. The maximum Gasteiger partial charge on any atom is 0.317 e. The summed E-state index contributed by atoms with van der Waals surface area (Å²) in [6.07, 6.45) is 1.63. The van der Waals surface area contributed by atoms with Gasteiger partial charge in [0.25, 0.3) is 0 Å². The molecule has 0 bridgehead atoms. The first-order chi connectivity index (χ1) is 4.27. The summed E-state index contributed by atoms with van der Waals surface area (Å²) in [7, 11) is 0. The van der Waals surface area contributed by atoms with Crippen molar-refractivity contribution in [3.05, 3.63) is 11.6 Å². The highest BCUT2D eigenvalue weighted by molar-refractivity contribution is 6.25.